The van der Waals surface area contributed by atoms with Crippen LogP contribution in [0, 0.1) is 0 Å². The number of hydrogen-bond donors (Lipinski definition) is 2. The maximum absolute atomic E-state index is 12.8. The highest BCUT2D eigenvalue weighted by Crippen LogP contribution is 2.47. The van der Waals surface area contributed by atoms with Crippen LogP contribution in [-0.4, -0.2) is 38.9 Å². The fourth-order valence-corrected chi connectivity index (χ4v) is 7.01. The number of aromatic amines is 1. The van der Waals surface area contributed by atoms with Crippen LogP contribution in [0.1, 0.15) is 48.4 Å². The minimum absolute atomic E-state index is 0.0508. The molecule has 1 saturated carbocycles. The SMILES string of the molecule is CN(C)C1(c2ccccc2)CCC(c2[nH]c3ccccc3c2CCNS(=O)(=O)c2ccccc2)CC1. The van der Waals surface area contributed by atoms with Gasteiger partial charge >= 0.3 is 0 Å². The average Bonchev–Trinajstić information content (AvgIpc) is 3.28. The van der Waals surface area contributed by atoms with Crippen molar-refractivity contribution in [1.82, 2.24) is 14.6 Å². The highest BCUT2D eigenvalue weighted by atomic mass is 32.2. The summed E-state index contributed by atoms with van der Waals surface area (Å²) in [4.78, 5) is 6.41. The van der Waals surface area contributed by atoms with Gasteiger partial charge in [0.25, 0.3) is 0 Å². The van der Waals surface area contributed by atoms with Crippen molar-refractivity contribution in [2.24, 2.45) is 0 Å². The van der Waals surface area contributed by atoms with E-state index in [-0.39, 0.29) is 5.54 Å². The molecule has 0 unspecified atom stereocenters. The zero-order valence-electron chi connectivity index (χ0n) is 21.1. The maximum Gasteiger partial charge on any atom is 0.240 e. The fourth-order valence-electron chi connectivity index (χ4n) is 5.96. The van der Waals surface area contributed by atoms with Crippen LogP contribution >= 0.6 is 0 Å². The van der Waals surface area contributed by atoms with Crippen molar-refractivity contribution in [3.8, 4) is 0 Å². The molecule has 0 amide bonds. The lowest BCUT2D eigenvalue weighted by atomic mass is 9.70. The predicted molar refractivity (Wildman–Crippen MR) is 147 cm³/mol. The van der Waals surface area contributed by atoms with E-state index in [0.717, 1.165) is 31.2 Å². The smallest absolute Gasteiger partial charge is 0.240 e. The number of rotatable bonds is 8. The van der Waals surface area contributed by atoms with E-state index in [9.17, 15) is 8.42 Å². The first kappa shape index (κ1) is 24.8. The monoisotopic (exact) mass is 501 g/mol. The summed E-state index contributed by atoms with van der Waals surface area (Å²) in [7, 11) is 0.864. The van der Waals surface area contributed by atoms with E-state index in [0.29, 0.717) is 23.8 Å². The Hall–Kier alpha value is -2.93. The van der Waals surface area contributed by atoms with Gasteiger partial charge < -0.3 is 4.98 Å². The average molecular weight is 502 g/mol. The van der Waals surface area contributed by atoms with Crippen molar-refractivity contribution in [3.05, 3.63) is 102 Å². The summed E-state index contributed by atoms with van der Waals surface area (Å²) in [5.74, 6) is 0.426. The van der Waals surface area contributed by atoms with Gasteiger partial charge in [0.15, 0.2) is 0 Å². The van der Waals surface area contributed by atoms with E-state index in [1.165, 1.54) is 22.2 Å². The fraction of sp³-hybridized carbons (Fsp3) is 0.333. The number of nitrogens with zero attached hydrogens (tertiary/aromatic N) is 1. The first-order chi connectivity index (χ1) is 17.4. The van der Waals surface area contributed by atoms with Gasteiger partial charge in [0.05, 0.1) is 4.90 Å². The molecule has 1 fully saturated rings. The molecule has 0 atom stereocenters. The van der Waals surface area contributed by atoms with Gasteiger partial charge in [-0.15, -0.1) is 0 Å². The third kappa shape index (κ3) is 4.73. The molecule has 0 spiro atoms. The lowest BCUT2D eigenvalue weighted by molar-refractivity contribution is 0.0903. The Balaban J connectivity index is 1.37. The largest absolute Gasteiger partial charge is 0.358 e. The van der Waals surface area contributed by atoms with Crippen LogP contribution < -0.4 is 4.72 Å². The van der Waals surface area contributed by atoms with Gasteiger partial charge in [-0.1, -0.05) is 66.7 Å². The molecular weight excluding hydrogens is 466 g/mol. The van der Waals surface area contributed by atoms with E-state index in [1.807, 2.05) is 6.07 Å². The van der Waals surface area contributed by atoms with Gasteiger partial charge in [0, 0.05) is 28.7 Å². The van der Waals surface area contributed by atoms with Gasteiger partial charge in [-0.2, -0.15) is 0 Å². The second kappa shape index (κ2) is 10.2. The number of hydrogen-bond acceptors (Lipinski definition) is 3. The molecule has 5 nitrogen and oxygen atoms in total. The Morgan fingerprint density at radius 3 is 2.17 bits per heavy atom. The van der Waals surface area contributed by atoms with Gasteiger partial charge in [-0.25, -0.2) is 13.1 Å². The molecule has 1 aliphatic carbocycles. The van der Waals surface area contributed by atoms with E-state index in [4.69, 9.17) is 0 Å². The second-order valence-electron chi connectivity index (χ2n) is 10.1. The van der Waals surface area contributed by atoms with Crippen LogP contribution in [0.25, 0.3) is 10.9 Å². The molecule has 1 heterocycles. The molecule has 0 radical (unpaired) electrons. The summed E-state index contributed by atoms with van der Waals surface area (Å²) < 4.78 is 28.3. The Bertz CT molecular complexity index is 1400. The minimum atomic E-state index is -3.53. The second-order valence-corrected chi connectivity index (χ2v) is 11.9. The van der Waals surface area contributed by atoms with Gasteiger partial charge in [0.1, 0.15) is 0 Å². The summed E-state index contributed by atoms with van der Waals surface area (Å²) in [5, 5.41) is 1.19. The molecule has 6 heteroatoms. The standard InChI is InChI=1S/C30H35N3O2S/c1-33(2)30(24-11-5-3-6-12-24)20-17-23(18-21-30)29-27(26-15-9-10-16-28(26)32-29)19-22-31-36(34,35)25-13-7-4-8-14-25/h3-16,23,31-32H,17-22H2,1-2H3. The lowest BCUT2D eigenvalue weighted by Crippen LogP contribution is -2.44. The van der Waals surface area contributed by atoms with Gasteiger partial charge in [-0.3, -0.25) is 4.90 Å². The molecule has 188 valence electrons. The van der Waals surface area contributed by atoms with Crippen molar-refractivity contribution in [2.45, 2.75) is 48.5 Å². The summed E-state index contributed by atoms with van der Waals surface area (Å²) in [6.45, 7) is 0.366. The highest BCUT2D eigenvalue weighted by Gasteiger charge is 2.39. The highest BCUT2D eigenvalue weighted by molar-refractivity contribution is 7.89. The molecule has 3 aromatic carbocycles. The first-order valence-corrected chi connectivity index (χ1v) is 14.3. The lowest BCUT2D eigenvalue weighted by Gasteiger charge is -2.45. The molecule has 5 rings (SSSR count). The van der Waals surface area contributed by atoms with Crippen LogP contribution in [0.2, 0.25) is 0 Å². The van der Waals surface area contributed by atoms with Crippen LogP contribution in [-0.2, 0) is 22.0 Å². The Labute approximate surface area is 214 Å². The van der Waals surface area contributed by atoms with E-state index in [2.05, 4.69) is 83.3 Å². The topological polar surface area (TPSA) is 65.2 Å². The van der Waals surface area contributed by atoms with Crippen molar-refractivity contribution in [1.29, 1.82) is 0 Å². The van der Waals surface area contributed by atoms with E-state index in [1.54, 1.807) is 24.3 Å². The molecular formula is C30H35N3O2S. The van der Waals surface area contributed by atoms with E-state index >= 15 is 0 Å². The molecule has 1 aromatic heterocycles. The molecule has 0 saturated heterocycles. The van der Waals surface area contributed by atoms with Crippen LogP contribution in [0.4, 0.5) is 0 Å². The number of H-pyrrole nitrogens is 1. The number of sulfonamides is 1. The summed E-state index contributed by atoms with van der Waals surface area (Å²) in [6.07, 6.45) is 5.00. The molecule has 0 bridgehead atoms. The zero-order valence-corrected chi connectivity index (χ0v) is 21.9. The summed E-state index contributed by atoms with van der Waals surface area (Å²) >= 11 is 0. The maximum atomic E-state index is 12.8. The Morgan fingerprint density at radius 2 is 1.50 bits per heavy atom. The first-order valence-electron chi connectivity index (χ1n) is 12.8. The third-order valence-corrected chi connectivity index (χ3v) is 9.43. The Morgan fingerprint density at radius 1 is 0.889 bits per heavy atom. The van der Waals surface area contributed by atoms with Crippen molar-refractivity contribution >= 4 is 20.9 Å². The van der Waals surface area contributed by atoms with E-state index < -0.39 is 10.0 Å². The molecule has 36 heavy (non-hydrogen) atoms. The normalized spacial score (nSPS) is 20.7. The van der Waals surface area contributed by atoms with Crippen LogP contribution in [0.5, 0.6) is 0 Å². The molecule has 0 aliphatic heterocycles. The van der Waals surface area contributed by atoms with Gasteiger partial charge in [0.2, 0.25) is 10.0 Å². The van der Waals surface area contributed by atoms with Crippen molar-refractivity contribution < 1.29 is 8.42 Å². The van der Waals surface area contributed by atoms with Crippen LogP contribution in [0.15, 0.2) is 89.8 Å². The summed E-state index contributed by atoms with van der Waals surface area (Å²) in [5.41, 5.74) is 5.08. The summed E-state index contributed by atoms with van der Waals surface area (Å²) in [6, 6.07) is 27.8. The quantitative estimate of drug-likeness (QED) is 0.321. The minimum Gasteiger partial charge on any atom is -0.358 e. The number of nitrogens with one attached hydrogen (secondary N) is 2. The molecule has 2 N–H and O–H groups in total. The molecule has 4 aromatic rings. The number of benzene rings is 3. The number of para-hydroxylation sites is 1. The number of aromatic nitrogens is 1. The zero-order chi connectivity index (χ0) is 25.2. The predicted octanol–water partition coefficient (Wildman–Crippen LogP) is 5.80. The van der Waals surface area contributed by atoms with Crippen molar-refractivity contribution in [2.75, 3.05) is 20.6 Å². The van der Waals surface area contributed by atoms with Gasteiger partial charge in [-0.05, 0) is 81.4 Å². The Kier molecular flexibility index (Phi) is 7.02. The molecule has 1 aliphatic rings. The van der Waals surface area contributed by atoms with Crippen molar-refractivity contribution in [3.63, 3.8) is 0 Å². The van der Waals surface area contributed by atoms with Crippen LogP contribution in [0.3, 0.4) is 0 Å². The third-order valence-electron chi connectivity index (χ3n) is 7.96. The number of fused-ring (bicyclic) bond motifs is 1.